The minimum Gasteiger partial charge on any atom is -0.486 e. The van der Waals surface area contributed by atoms with Crippen molar-refractivity contribution >= 4 is 21.8 Å². The molecule has 0 aliphatic carbocycles. The smallest absolute Gasteiger partial charge is 0.253 e. The molecule has 0 fully saturated rings. The number of carbonyl (C=O) groups is 1. The van der Waals surface area contributed by atoms with Gasteiger partial charge in [0.1, 0.15) is 11.4 Å². The first-order valence-electron chi connectivity index (χ1n) is 8.62. The van der Waals surface area contributed by atoms with Crippen LogP contribution in [-0.4, -0.2) is 16.5 Å². The second kappa shape index (κ2) is 6.91. The fraction of sp³-hybridized carbons (Fsp3) is 0.400. The maximum atomic E-state index is 12.9. The monoisotopic (exact) mass is 418 g/mol. The number of hydrogen-bond donors (Lipinski definition) is 2. The number of nitrogens with one attached hydrogen (secondary N) is 2. The number of aryl methyl sites for hydroxylation is 2. The molecular weight excluding hydrogens is 396 g/mol. The molecule has 0 bridgehead atoms. The van der Waals surface area contributed by atoms with Gasteiger partial charge < -0.3 is 15.0 Å². The van der Waals surface area contributed by atoms with Crippen molar-refractivity contribution < 1.29 is 9.53 Å². The van der Waals surface area contributed by atoms with Crippen LogP contribution in [0, 0.1) is 19.8 Å². The zero-order chi connectivity index (χ0) is 19.1. The van der Waals surface area contributed by atoms with E-state index in [-0.39, 0.29) is 23.9 Å². The summed E-state index contributed by atoms with van der Waals surface area (Å²) in [5.74, 6) is 0.349. The molecule has 1 unspecified atom stereocenters. The minimum absolute atomic E-state index is 0.111. The molecule has 1 aromatic carbocycles. The molecule has 26 heavy (non-hydrogen) atoms. The maximum absolute atomic E-state index is 12.9. The third-order valence-corrected chi connectivity index (χ3v) is 5.55. The number of rotatable bonds is 3. The average Bonchev–Trinajstić information content (AvgIpc) is 2.53. The molecule has 1 aliphatic rings. The van der Waals surface area contributed by atoms with E-state index in [1.54, 1.807) is 0 Å². The Morgan fingerprint density at radius 2 is 2.12 bits per heavy atom. The molecule has 1 aromatic heterocycles. The van der Waals surface area contributed by atoms with Crippen LogP contribution in [0.4, 0.5) is 0 Å². The molecule has 6 heteroatoms. The first kappa shape index (κ1) is 18.7. The summed E-state index contributed by atoms with van der Waals surface area (Å²) in [6, 6.07) is 7.76. The lowest BCUT2D eigenvalue weighted by Crippen LogP contribution is -2.50. The quantitative estimate of drug-likeness (QED) is 0.801. The van der Waals surface area contributed by atoms with Crippen molar-refractivity contribution in [1.82, 2.24) is 10.3 Å². The topological polar surface area (TPSA) is 71.2 Å². The van der Waals surface area contributed by atoms with E-state index >= 15 is 0 Å². The SMILES string of the molecule is Cc1cc(C)c(CNC(=O)C2Cc3cccc(Br)c3OC2(C)C)c(=O)[nH]1. The predicted molar refractivity (Wildman–Crippen MR) is 104 cm³/mol. The highest BCUT2D eigenvalue weighted by molar-refractivity contribution is 9.10. The lowest BCUT2D eigenvalue weighted by molar-refractivity contribution is -0.132. The molecular formula is C20H23BrN2O3. The number of pyridine rings is 1. The Labute approximate surface area is 161 Å². The first-order valence-corrected chi connectivity index (χ1v) is 9.42. The van der Waals surface area contributed by atoms with Gasteiger partial charge in [-0.2, -0.15) is 0 Å². The number of hydrogen-bond acceptors (Lipinski definition) is 3. The summed E-state index contributed by atoms with van der Waals surface area (Å²) in [5, 5.41) is 2.92. The van der Waals surface area contributed by atoms with E-state index < -0.39 is 5.60 Å². The molecule has 0 spiro atoms. The standard InChI is InChI=1S/C20H23BrN2O3/c1-11-8-12(2)23-18(24)14(11)10-22-19(25)15-9-13-6-5-7-16(21)17(13)26-20(15,3)4/h5-8,15H,9-10H2,1-4H3,(H,22,25)(H,23,24). The number of benzene rings is 1. The van der Waals surface area contributed by atoms with Crippen molar-refractivity contribution in [2.45, 2.75) is 46.3 Å². The Bertz CT molecular complexity index is 918. The number of carbonyl (C=O) groups excluding carboxylic acids is 1. The van der Waals surface area contributed by atoms with Gasteiger partial charge in [0, 0.05) is 17.8 Å². The van der Waals surface area contributed by atoms with Crippen LogP contribution in [0.3, 0.4) is 0 Å². The summed E-state index contributed by atoms with van der Waals surface area (Å²) in [6.45, 7) is 7.77. The molecule has 2 N–H and O–H groups in total. The van der Waals surface area contributed by atoms with Gasteiger partial charge in [0.2, 0.25) is 5.91 Å². The molecule has 3 rings (SSSR count). The highest BCUT2D eigenvalue weighted by Gasteiger charge is 2.42. The van der Waals surface area contributed by atoms with E-state index in [0.29, 0.717) is 12.0 Å². The number of halogens is 1. The van der Waals surface area contributed by atoms with Crippen molar-refractivity contribution in [3.63, 3.8) is 0 Å². The summed E-state index contributed by atoms with van der Waals surface area (Å²) in [7, 11) is 0. The van der Waals surface area contributed by atoms with E-state index in [1.165, 1.54) is 0 Å². The largest absolute Gasteiger partial charge is 0.486 e. The number of amides is 1. The van der Waals surface area contributed by atoms with Crippen molar-refractivity contribution in [3.05, 3.63) is 61.5 Å². The number of aromatic nitrogens is 1. The maximum Gasteiger partial charge on any atom is 0.253 e. The molecule has 1 aliphatic heterocycles. The Kier molecular flexibility index (Phi) is 4.97. The number of fused-ring (bicyclic) bond motifs is 1. The third-order valence-electron chi connectivity index (χ3n) is 4.93. The lowest BCUT2D eigenvalue weighted by atomic mass is 9.82. The van der Waals surface area contributed by atoms with Gasteiger partial charge in [-0.25, -0.2) is 0 Å². The minimum atomic E-state index is -0.643. The van der Waals surface area contributed by atoms with Gasteiger partial charge in [-0.05, 0) is 73.3 Å². The van der Waals surface area contributed by atoms with Gasteiger partial charge in [-0.3, -0.25) is 9.59 Å². The van der Waals surface area contributed by atoms with Gasteiger partial charge in [0.25, 0.3) is 5.56 Å². The van der Waals surface area contributed by atoms with Crippen LogP contribution in [0.5, 0.6) is 5.75 Å². The number of aromatic amines is 1. The van der Waals surface area contributed by atoms with Crippen LogP contribution in [-0.2, 0) is 17.8 Å². The predicted octanol–water partition coefficient (Wildman–Crippen LogP) is 3.40. The summed E-state index contributed by atoms with van der Waals surface area (Å²) in [4.78, 5) is 27.8. The molecule has 0 saturated carbocycles. The van der Waals surface area contributed by atoms with Crippen LogP contribution < -0.4 is 15.6 Å². The van der Waals surface area contributed by atoms with Crippen LogP contribution in [0.2, 0.25) is 0 Å². The van der Waals surface area contributed by atoms with Crippen LogP contribution in [0.1, 0.15) is 36.2 Å². The van der Waals surface area contributed by atoms with Gasteiger partial charge in [-0.15, -0.1) is 0 Å². The average molecular weight is 419 g/mol. The lowest BCUT2D eigenvalue weighted by Gasteiger charge is -2.39. The van der Waals surface area contributed by atoms with E-state index in [4.69, 9.17) is 4.74 Å². The molecule has 2 heterocycles. The normalized spacial score (nSPS) is 18.0. The zero-order valence-electron chi connectivity index (χ0n) is 15.4. The van der Waals surface area contributed by atoms with E-state index in [1.807, 2.05) is 52.0 Å². The van der Waals surface area contributed by atoms with Gasteiger partial charge in [0.05, 0.1) is 10.4 Å². The number of H-pyrrole nitrogens is 1. The molecule has 0 saturated heterocycles. The van der Waals surface area contributed by atoms with Crippen molar-refractivity contribution in [1.29, 1.82) is 0 Å². The van der Waals surface area contributed by atoms with Crippen LogP contribution in [0.15, 0.2) is 33.5 Å². The van der Waals surface area contributed by atoms with Crippen molar-refractivity contribution in [2.75, 3.05) is 0 Å². The van der Waals surface area contributed by atoms with Crippen LogP contribution >= 0.6 is 15.9 Å². The second-order valence-electron chi connectivity index (χ2n) is 7.35. The highest BCUT2D eigenvalue weighted by Crippen LogP contribution is 2.41. The fourth-order valence-electron chi connectivity index (χ4n) is 3.44. The molecule has 138 valence electrons. The summed E-state index contributed by atoms with van der Waals surface area (Å²) in [6.07, 6.45) is 0.594. The van der Waals surface area contributed by atoms with Crippen LogP contribution in [0.25, 0.3) is 0 Å². The Morgan fingerprint density at radius 3 is 2.81 bits per heavy atom. The highest BCUT2D eigenvalue weighted by atomic mass is 79.9. The van der Waals surface area contributed by atoms with Gasteiger partial charge in [0.15, 0.2) is 0 Å². The van der Waals surface area contributed by atoms with Gasteiger partial charge in [-0.1, -0.05) is 12.1 Å². The molecule has 0 radical (unpaired) electrons. The molecule has 1 amide bonds. The van der Waals surface area contributed by atoms with E-state index in [2.05, 4.69) is 26.2 Å². The third kappa shape index (κ3) is 3.56. The summed E-state index contributed by atoms with van der Waals surface area (Å²) in [5.41, 5.74) is 2.48. The van der Waals surface area contributed by atoms with E-state index in [9.17, 15) is 9.59 Å². The van der Waals surface area contributed by atoms with Crippen molar-refractivity contribution in [2.24, 2.45) is 5.92 Å². The number of ether oxygens (including phenoxy) is 1. The van der Waals surface area contributed by atoms with Crippen molar-refractivity contribution in [3.8, 4) is 5.75 Å². The zero-order valence-corrected chi connectivity index (χ0v) is 17.0. The molecule has 2 aromatic rings. The first-order chi connectivity index (χ1) is 12.2. The fourth-order valence-corrected chi connectivity index (χ4v) is 3.92. The van der Waals surface area contributed by atoms with E-state index in [0.717, 1.165) is 27.0 Å². The Morgan fingerprint density at radius 1 is 1.38 bits per heavy atom. The second-order valence-corrected chi connectivity index (χ2v) is 8.21. The summed E-state index contributed by atoms with van der Waals surface area (Å²) >= 11 is 3.51. The molecule has 5 nitrogen and oxygen atoms in total. The Hall–Kier alpha value is -2.08. The Balaban J connectivity index is 1.79. The molecule has 1 atom stereocenters. The van der Waals surface area contributed by atoms with Gasteiger partial charge >= 0.3 is 0 Å². The summed E-state index contributed by atoms with van der Waals surface area (Å²) < 4.78 is 7.02. The number of para-hydroxylation sites is 1.